The van der Waals surface area contributed by atoms with Crippen molar-refractivity contribution in [2.45, 2.75) is 57.3 Å². The van der Waals surface area contributed by atoms with Gasteiger partial charge in [0, 0.05) is 6.04 Å². The second-order valence-electron chi connectivity index (χ2n) is 8.29. The minimum absolute atomic E-state index is 0.00281. The fourth-order valence-corrected chi connectivity index (χ4v) is 4.70. The standard InChI is InChI=1S/C20H27N3O3S/c1-20(2,25)13-6-8-14(9-7-13)22-19(24)23-11-15(12-23)26-17-4-3-5-18-16(17)10-21-27-18/h3-5,10,13-15,25H,6-9,11-12H2,1-2H3,(H,22,24)/t13-,14-. The van der Waals surface area contributed by atoms with Gasteiger partial charge in [0.1, 0.15) is 11.9 Å². The Morgan fingerprint density at radius 1 is 1.30 bits per heavy atom. The quantitative estimate of drug-likeness (QED) is 0.840. The number of nitrogens with zero attached hydrogens (tertiary/aromatic N) is 2. The largest absolute Gasteiger partial charge is 0.486 e. The van der Waals surface area contributed by atoms with E-state index in [0.717, 1.165) is 41.5 Å². The summed E-state index contributed by atoms with van der Waals surface area (Å²) < 4.78 is 11.4. The van der Waals surface area contributed by atoms with Gasteiger partial charge in [-0.1, -0.05) is 6.07 Å². The number of likely N-dealkylation sites (tertiary alicyclic amines) is 1. The Hall–Kier alpha value is -1.86. The summed E-state index contributed by atoms with van der Waals surface area (Å²) in [6, 6.07) is 6.18. The van der Waals surface area contributed by atoms with E-state index >= 15 is 0 Å². The van der Waals surface area contributed by atoms with Crippen molar-refractivity contribution in [3.8, 4) is 5.75 Å². The van der Waals surface area contributed by atoms with Crippen LogP contribution in [-0.2, 0) is 0 Å². The van der Waals surface area contributed by atoms with Crippen molar-refractivity contribution in [2.75, 3.05) is 13.1 Å². The second-order valence-corrected chi connectivity index (χ2v) is 9.12. The summed E-state index contributed by atoms with van der Waals surface area (Å²) in [5.41, 5.74) is -0.627. The van der Waals surface area contributed by atoms with Crippen LogP contribution in [0.3, 0.4) is 0 Å². The molecule has 1 saturated carbocycles. The van der Waals surface area contributed by atoms with Crippen LogP contribution in [0.2, 0.25) is 0 Å². The highest BCUT2D eigenvalue weighted by Crippen LogP contribution is 2.33. The number of ether oxygens (including phenoxy) is 1. The van der Waals surface area contributed by atoms with E-state index in [0.29, 0.717) is 19.0 Å². The van der Waals surface area contributed by atoms with Gasteiger partial charge in [-0.3, -0.25) is 0 Å². The Labute approximate surface area is 163 Å². The SMILES string of the molecule is CC(C)(O)[C@H]1CC[C@H](NC(=O)N2CC(Oc3cccc4sncc34)C2)CC1. The fourth-order valence-electron chi connectivity index (χ4n) is 4.04. The number of carbonyl (C=O) groups is 1. The number of benzene rings is 1. The smallest absolute Gasteiger partial charge is 0.317 e. The summed E-state index contributed by atoms with van der Waals surface area (Å²) in [6.07, 6.45) is 5.65. The van der Waals surface area contributed by atoms with Gasteiger partial charge in [-0.15, -0.1) is 0 Å². The number of urea groups is 1. The van der Waals surface area contributed by atoms with Crippen LogP contribution < -0.4 is 10.1 Å². The van der Waals surface area contributed by atoms with Crippen molar-refractivity contribution in [3.63, 3.8) is 0 Å². The number of hydrogen-bond acceptors (Lipinski definition) is 5. The molecule has 0 unspecified atom stereocenters. The van der Waals surface area contributed by atoms with Gasteiger partial charge >= 0.3 is 6.03 Å². The van der Waals surface area contributed by atoms with Crippen molar-refractivity contribution >= 4 is 27.6 Å². The maximum absolute atomic E-state index is 12.4. The summed E-state index contributed by atoms with van der Waals surface area (Å²) in [5.74, 6) is 1.16. The zero-order valence-corrected chi connectivity index (χ0v) is 16.7. The molecule has 0 bridgehead atoms. The normalized spacial score (nSPS) is 23.9. The summed E-state index contributed by atoms with van der Waals surface area (Å²) in [4.78, 5) is 14.2. The molecule has 2 aliphatic rings. The van der Waals surface area contributed by atoms with Crippen molar-refractivity contribution in [1.29, 1.82) is 0 Å². The van der Waals surface area contributed by atoms with E-state index in [1.54, 1.807) is 4.90 Å². The predicted molar refractivity (Wildman–Crippen MR) is 106 cm³/mol. The van der Waals surface area contributed by atoms with Crippen LogP contribution in [0.15, 0.2) is 24.4 Å². The first kappa shape index (κ1) is 18.5. The monoisotopic (exact) mass is 389 g/mol. The molecule has 2 amide bonds. The van der Waals surface area contributed by atoms with Crippen LogP contribution >= 0.6 is 11.5 Å². The van der Waals surface area contributed by atoms with Gasteiger partial charge in [0.15, 0.2) is 0 Å². The molecular weight excluding hydrogens is 362 g/mol. The molecule has 0 spiro atoms. The fraction of sp³-hybridized carbons (Fsp3) is 0.600. The number of hydrogen-bond donors (Lipinski definition) is 2. The maximum Gasteiger partial charge on any atom is 0.317 e. The third kappa shape index (κ3) is 4.04. The number of carbonyl (C=O) groups excluding carboxylic acids is 1. The molecular formula is C20H27N3O3S. The van der Waals surface area contributed by atoms with Crippen molar-refractivity contribution < 1.29 is 14.6 Å². The van der Waals surface area contributed by atoms with Crippen LogP contribution in [0.25, 0.3) is 10.1 Å². The minimum Gasteiger partial charge on any atom is -0.486 e. The summed E-state index contributed by atoms with van der Waals surface area (Å²) >= 11 is 1.46. The number of rotatable bonds is 4. The first-order chi connectivity index (χ1) is 12.9. The van der Waals surface area contributed by atoms with Gasteiger partial charge < -0.3 is 20.1 Å². The van der Waals surface area contributed by atoms with Crippen molar-refractivity contribution in [2.24, 2.45) is 5.92 Å². The second kappa shape index (κ2) is 7.28. The summed E-state index contributed by atoms with van der Waals surface area (Å²) in [6.45, 7) is 4.98. The van der Waals surface area contributed by atoms with E-state index in [1.807, 2.05) is 38.2 Å². The summed E-state index contributed by atoms with van der Waals surface area (Å²) in [5, 5.41) is 14.3. The lowest BCUT2D eigenvalue weighted by molar-refractivity contribution is -0.00325. The van der Waals surface area contributed by atoms with E-state index in [2.05, 4.69) is 9.69 Å². The molecule has 2 fully saturated rings. The first-order valence-corrected chi connectivity index (χ1v) is 10.5. The van der Waals surface area contributed by atoms with Gasteiger partial charge in [-0.05, 0) is 69.1 Å². The van der Waals surface area contributed by atoms with Gasteiger partial charge in [0.05, 0.1) is 35.0 Å². The van der Waals surface area contributed by atoms with Gasteiger partial charge in [-0.2, -0.15) is 4.37 Å². The number of aromatic nitrogens is 1. The molecule has 7 heteroatoms. The van der Waals surface area contributed by atoms with Gasteiger partial charge in [0.2, 0.25) is 0 Å². The molecule has 146 valence electrons. The van der Waals surface area contributed by atoms with E-state index in [-0.39, 0.29) is 18.2 Å². The lowest BCUT2D eigenvalue weighted by atomic mass is 9.77. The molecule has 1 aromatic heterocycles. The van der Waals surface area contributed by atoms with Crippen molar-refractivity contribution in [1.82, 2.24) is 14.6 Å². The Morgan fingerprint density at radius 2 is 2.04 bits per heavy atom. The molecule has 27 heavy (non-hydrogen) atoms. The average Bonchev–Trinajstić information content (AvgIpc) is 3.06. The van der Waals surface area contributed by atoms with E-state index in [1.165, 1.54) is 11.5 Å². The van der Waals surface area contributed by atoms with Crippen LogP contribution in [0.4, 0.5) is 4.79 Å². The molecule has 1 aliphatic carbocycles. The number of fused-ring (bicyclic) bond motifs is 1. The molecule has 6 nitrogen and oxygen atoms in total. The first-order valence-electron chi connectivity index (χ1n) is 9.68. The Bertz CT molecular complexity index is 802. The third-order valence-corrected chi connectivity index (χ3v) is 6.61. The van der Waals surface area contributed by atoms with Crippen LogP contribution in [-0.4, -0.2) is 51.2 Å². The minimum atomic E-state index is -0.627. The third-order valence-electron chi connectivity index (χ3n) is 5.84. The molecule has 1 aromatic carbocycles. The van der Waals surface area contributed by atoms with Gasteiger partial charge in [-0.25, -0.2) is 4.79 Å². The highest BCUT2D eigenvalue weighted by molar-refractivity contribution is 7.13. The van der Waals surface area contributed by atoms with E-state index < -0.39 is 5.60 Å². The number of amides is 2. The van der Waals surface area contributed by atoms with Crippen LogP contribution in [0.1, 0.15) is 39.5 Å². The molecule has 1 aliphatic heterocycles. The molecule has 4 rings (SSSR count). The highest BCUT2D eigenvalue weighted by Gasteiger charge is 2.35. The van der Waals surface area contributed by atoms with E-state index in [4.69, 9.17) is 4.74 Å². The Kier molecular flexibility index (Phi) is 4.99. The molecule has 2 N–H and O–H groups in total. The maximum atomic E-state index is 12.4. The number of nitrogens with one attached hydrogen (secondary N) is 1. The molecule has 1 saturated heterocycles. The molecule has 0 radical (unpaired) electrons. The Morgan fingerprint density at radius 3 is 2.74 bits per heavy atom. The predicted octanol–water partition coefficient (Wildman–Crippen LogP) is 3.40. The van der Waals surface area contributed by atoms with Crippen LogP contribution in [0.5, 0.6) is 5.75 Å². The molecule has 0 atom stereocenters. The Balaban J connectivity index is 1.23. The summed E-state index contributed by atoms with van der Waals surface area (Å²) in [7, 11) is 0. The van der Waals surface area contributed by atoms with Crippen LogP contribution in [0, 0.1) is 5.92 Å². The molecule has 2 heterocycles. The zero-order chi connectivity index (χ0) is 19.0. The lowest BCUT2D eigenvalue weighted by Crippen LogP contribution is -2.60. The van der Waals surface area contributed by atoms with Crippen molar-refractivity contribution in [3.05, 3.63) is 24.4 Å². The zero-order valence-electron chi connectivity index (χ0n) is 15.9. The van der Waals surface area contributed by atoms with Gasteiger partial charge in [0.25, 0.3) is 0 Å². The topological polar surface area (TPSA) is 74.7 Å². The lowest BCUT2D eigenvalue weighted by Gasteiger charge is -2.41. The number of aliphatic hydroxyl groups is 1. The highest BCUT2D eigenvalue weighted by atomic mass is 32.1. The average molecular weight is 390 g/mol. The molecule has 2 aromatic rings. The van der Waals surface area contributed by atoms with E-state index in [9.17, 15) is 9.90 Å².